The minimum Gasteiger partial charge on any atom is -0.507 e. The van der Waals surface area contributed by atoms with Crippen molar-refractivity contribution in [3.05, 3.63) is 99.3 Å². The number of hydrogen-bond acceptors (Lipinski definition) is 5. The highest BCUT2D eigenvalue weighted by molar-refractivity contribution is 6.46. The second-order valence-electron chi connectivity index (χ2n) is 7.19. The van der Waals surface area contributed by atoms with E-state index in [9.17, 15) is 14.7 Å². The number of ketones is 1. The minimum absolute atomic E-state index is 0.0255. The first-order chi connectivity index (χ1) is 15.4. The number of benzene rings is 2. The van der Waals surface area contributed by atoms with Crippen LogP contribution in [0.25, 0.3) is 5.76 Å². The molecule has 1 atom stereocenters. The number of pyridine rings is 1. The Hall–Kier alpha value is -3.35. The maximum absolute atomic E-state index is 13.1. The third-order valence-electron chi connectivity index (χ3n) is 5.24. The standard InChI is InChI=1S/C24H18Cl2N2O4/c1-32-17-7-4-15(5-8-17)22(29)20-21(16-6-9-18(25)19(26)11-16)28(24(31)23(20)30)13-14-3-2-10-27-12-14/h2-12,21,29H,13H2,1H3/t21-/m0/s1. The van der Waals surface area contributed by atoms with Gasteiger partial charge in [0.05, 0.1) is 28.8 Å². The van der Waals surface area contributed by atoms with Crippen LogP contribution < -0.4 is 4.74 Å². The first-order valence-corrected chi connectivity index (χ1v) is 10.4. The number of aliphatic hydroxyl groups is 1. The minimum atomic E-state index is -0.855. The number of ether oxygens (including phenoxy) is 1. The highest BCUT2D eigenvalue weighted by Gasteiger charge is 2.46. The number of nitrogens with zero attached hydrogens (tertiary/aromatic N) is 2. The van der Waals surface area contributed by atoms with E-state index in [0.717, 1.165) is 5.56 Å². The second kappa shape index (κ2) is 9.02. The lowest BCUT2D eigenvalue weighted by atomic mass is 9.95. The molecule has 1 N–H and O–H groups in total. The Morgan fingerprint density at radius 1 is 1.09 bits per heavy atom. The molecule has 0 saturated carbocycles. The molecule has 1 saturated heterocycles. The first-order valence-electron chi connectivity index (χ1n) is 9.67. The van der Waals surface area contributed by atoms with Gasteiger partial charge in [-0.25, -0.2) is 0 Å². The van der Waals surface area contributed by atoms with Crippen LogP contribution in [-0.4, -0.2) is 33.8 Å². The normalized spacial score (nSPS) is 17.6. The predicted octanol–water partition coefficient (Wildman–Crippen LogP) is 5.02. The number of amides is 1. The molecule has 6 nitrogen and oxygen atoms in total. The average molecular weight is 469 g/mol. The molecule has 3 aromatic rings. The topological polar surface area (TPSA) is 79.7 Å². The van der Waals surface area contributed by atoms with E-state index in [2.05, 4.69) is 4.98 Å². The molecule has 0 radical (unpaired) electrons. The Morgan fingerprint density at radius 2 is 1.84 bits per heavy atom. The Balaban J connectivity index is 1.86. The predicted molar refractivity (Wildman–Crippen MR) is 122 cm³/mol. The number of carbonyl (C=O) groups is 2. The van der Waals surface area contributed by atoms with E-state index in [-0.39, 0.29) is 22.9 Å². The van der Waals surface area contributed by atoms with Gasteiger partial charge < -0.3 is 14.7 Å². The van der Waals surface area contributed by atoms with E-state index in [1.165, 1.54) is 12.0 Å². The summed E-state index contributed by atoms with van der Waals surface area (Å²) in [4.78, 5) is 31.6. The maximum Gasteiger partial charge on any atom is 0.295 e. The van der Waals surface area contributed by atoms with E-state index in [1.54, 1.807) is 60.9 Å². The van der Waals surface area contributed by atoms with Crippen molar-refractivity contribution in [2.45, 2.75) is 12.6 Å². The molecule has 8 heteroatoms. The molecule has 0 aliphatic carbocycles. The van der Waals surface area contributed by atoms with Gasteiger partial charge in [-0.1, -0.05) is 35.3 Å². The monoisotopic (exact) mass is 468 g/mol. The summed E-state index contributed by atoms with van der Waals surface area (Å²) in [5.41, 5.74) is 1.65. The molecule has 0 bridgehead atoms. The molecule has 32 heavy (non-hydrogen) atoms. The van der Waals surface area contributed by atoms with Crippen LogP contribution in [0.1, 0.15) is 22.7 Å². The molecular formula is C24H18Cl2N2O4. The number of aliphatic hydroxyl groups excluding tert-OH is 1. The molecule has 1 aliphatic heterocycles. The first kappa shape index (κ1) is 21.9. The van der Waals surface area contributed by atoms with Crippen LogP contribution in [0, 0.1) is 0 Å². The maximum atomic E-state index is 13.1. The SMILES string of the molecule is COc1ccc(C(O)=C2C(=O)C(=O)N(Cc3cccnc3)[C@H]2c2ccc(Cl)c(Cl)c2)cc1. The lowest BCUT2D eigenvalue weighted by molar-refractivity contribution is -0.140. The molecule has 1 fully saturated rings. The summed E-state index contributed by atoms with van der Waals surface area (Å²) in [6, 6.07) is 14.1. The van der Waals surface area contributed by atoms with Crippen molar-refractivity contribution in [2.75, 3.05) is 7.11 Å². The van der Waals surface area contributed by atoms with Gasteiger partial charge in [0, 0.05) is 24.5 Å². The van der Waals surface area contributed by atoms with Crippen LogP contribution in [0.15, 0.2) is 72.6 Å². The number of likely N-dealkylation sites (tertiary alicyclic amines) is 1. The Kier molecular flexibility index (Phi) is 6.17. The van der Waals surface area contributed by atoms with Crippen LogP contribution in [0.2, 0.25) is 10.0 Å². The van der Waals surface area contributed by atoms with E-state index in [4.69, 9.17) is 27.9 Å². The van der Waals surface area contributed by atoms with E-state index < -0.39 is 17.7 Å². The van der Waals surface area contributed by atoms with Gasteiger partial charge in [0.2, 0.25) is 0 Å². The molecular weight excluding hydrogens is 451 g/mol. The molecule has 2 aromatic carbocycles. The second-order valence-corrected chi connectivity index (χ2v) is 8.00. The van der Waals surface area contributed by atoms with Gasteiger partial charge in [0.15, 0.2) is 0 Å². The summed E-state index contributed by atoms with van der Waals surface area (Å²) >= 11 is 12.3. The highest BCUT2D eigenvalue weighted by atomic mass is 35.5. The van der Waals surface area contributed by atoms with Gasteiger partial charge in [0.25, 0.3) is 11.7 Å². The summed E-state index contributed by atoms with van der Waals surface area (Å²) in [7, 11) is 1.53. The molecule has 1 amide bonds. The zero-order valence-electron chi connectivity index (χ0n) is 17.0. The molecule has 1 aliphatic rings. The third-order valence-corrected chi connectivity index (χ3v) is 5.98. The molecule has 0 unspecified atom stereocenters. The summed E-state index contributed by atoms with van der Waals surface area (Å²) in [5, 5.41) is 11.7. The van der Waals surface area contributed by atoms with Gasteiger partial charge in [-0.15, -0.1) is 0 Å². The third kappa shape index (κ3) is 4.07. The highest BCUT2D eigenvalue weighted by Crippen LogP contribution is 2.41. The van der Waals surface area contributed by atoms with Crippen molar-refractivity contribution >= 4 is 40.7 Å². The lowest BCUT2D eigenvalue weighted by Gasteiger charge is -2.25. The summed E-state index contributed by atoms with van der Waals surface area (Å²) in [6.07, 6.45) is 3.24. The van der Waals surface area contributed by atoms with Crippen molar-refractivity contribution in [3.63, 3.8) is 0 Å². The molecule has 1 aromatic heterocycles. The quantitative estimate of drug-likeness (QED) is 0.323. The zero-order chi connectivity index (χ0) is 22.8. The molecule has 162 valence electrons. The number of hydrogen-bond donors (Lipinski definition) is 1. The van der Waals surface area contributed by atoms with E-state index >= 15 is 0 Å². The van der Waals surface area contributed by atoms with Crippen molar-refractivity contribution in [3.8, 4) is 5.75 Å². The fourth-order valence-electron chi connectivity index (χ4n) is 3.66. The average Bonchev–Trinajstić information content (AvgIpc) is 3.06. The lowest BCUT2D eigenvalue weighted by Crippen LogP contribution is -2.29. The smallest absolute Gasteiger partial charge is 0.295 e. The van der Waals surface area contributed by atoms with Crippen molar-refractivity contribution in [1.29, 1.82) is 0 Å². The van der Waals surface area contributed by atoms with Gasteiger partial charge in [-0.2, -0.15) is 0 Å². The number of methoxy groups -OCH3 is 1. The Morgan fingerprint density at radius 3 is 2.47 bits per heavy atom. The number of halogens is 2. The summed E-state index contributed by atoms with van der Waals surface area (Å²) < 4.78 is 5.15. The van der Waals surface area contributed by atoms with E-state index in [0.29, 0.717) is 21.9 Å². The van der Waals surface area contributed by atoms with E-state index in [1.807, 2.05) is 6.07 Å². The van der Waals surface area contributed by atoms with Crippen molar-refractivity contribution in [2.24, 2.45) is 0 Å². The number of aromatic nitrogens is 1. The van der Waals surface area contributed by atoms with Crippen molar-refractivity contribution in [1.82, 2.24) is 9.88 Å². The Labute approximate surface area is 194 Å². The van der Waals surface area contributed by atoms with Crippen LogP contribution >= 0.6 is 23.2 Å². The number of rotatable bonds is 5. The summed E-state index contributed by atoms with van der Waals surface area (Å²) in [6.45, 7) is 0.128. The Bertz CT molecular complexity index is 1210. The van der Waals surface area contributed by atoms with Crippen LogP contribution in [0.4, 0.5) is 0 Å². The van der Waals surface area contributed by atoms with Crippen LogP contribution in [0.5, 0.6) is 5.75 Å². The van der Waals surface area contributed by atoms with Crippen molar-refractivity contribution < 1.29 is 19.4 Å². The van der Waals surface area contributed by atoms with Crippen LogP contribution in [0.3, 0.4) is 0 Å². The van der Waals surface area contributed by atoms with Gasteiger partial charge in [0.1, 0.15) is 11.5 Å². The van der Waals surface area contributed by atoms with Gasteiger partial charge in [-0.3, -0.25) is 14.6 Å². The fraction of sp³-hybridized carbons (Fsp3) is 0.125. The van der Waals surface area contributed by atoms with Crippen LogP contribution in [-0.2, 0) is 16.1 Å². The molecule has 0 spiro atoms. The number of Topliss-reactive ketones (excluding diaryl/α,β-unsaturated/α-hetero) is 1. The number of carbonyl (C=O) groups excluding carboxylic acids is 2. The molecule has 4 rings (SSSR count). The molecule has 2 heterocycles. The fourth-order valence-corrected chi connectivity index (χ4v) is 3.97. The largest absolute Gasteiger partial charge is 0.507 e. The van der Waals surface area contributed by atoms with Gasteiger partial charge in [-0.05, 0) is 53.6 Å². The zero-order valence-corrected chi connectivity index (χ0v) is 18.5. The summed E-state index contributed by atoms with van der Waals surface area (Å²) in [5.74, 6) is -1.19. The van der Waals surface area contributed by atoms with Gasteiger partial charge >= 0.3 is 0 Å².